The van der Waals surface area contributed by atoms with Gasteiger partial charge in [0.05, 0.1) is 12.2 Å². The van der Waals surface area contributed by atoms with E-state index >= 15 is 0 Å². The summed E-state index contributed by atoms with van der Waals surface area (Å²) >= 11 is 0. The Morgan fingerprint density at radius 1 is 1.47 bits per heavy atom. The van der Waals surface area contributed by atoms with Crippen LogP contribution in [0.2, 0.25) is 0 Å². The minimum absolute atomic E-state index is 0.0951. The van der Waals surface area contributed by atoms with E-state index in [1.54, 1.807) is 13.8 Å². The van der Waals surface area contributed by atoms with E-state index in [-0.39, 0.29) is 23.8 Å². The Labute approximate surface area is 96.7 Å². The number of hydrogen-bond acceptors (Lipinski definition) is 5. The van der Waals surface area contributed by atoms with E-state index in [1.807, 2.05) is 0 Å². The van der Waals surface area contributed by atoms with Crippen LogP contribution in [0.5, 0.6) is 0 Å². The number of Topliss-reactive ketones (excluding diaryl/α,β-unsaturated/α-hetero) is 1. The van der Waals surface area contributed by atoms with Crippen molar-refractivity contribution in [3.8, 4) is 0 Å². The van der Waals surface area contributed by atoms with E-state index < -0.39 is 0 Å². The van der Waals surface area contributed by atoms with Gasteiger partial charge in [0.1, 0.15) is 6.33 Å². The van der Waals surface area contributed by atoms with Gasteiger partial charge in [-0.05, 0) is 6.92 Å². The molecular formula is C10H12N4O3. The fraction of sp³-hybridized carbons (Fsp3) is 0.400. The predicted molar refractivity (Wildman–Crippen MR) is 57.8 cm³/mol. The van der Waals surface area contributed by atoms with E-state index in [0.29, 0.717) is 11.6 Å². The highest BCUT2D eigenvalue weighted by Crippen LogP contribution is 2.10. The number of carbonyl (C=O) groups is 1. The van der Waals surface area contributed by atoms with Gasteiger partial charge in [0.15, 0.2) is 11.7 Å². The van der Waals surface area contributed by atoms with E-state index in [4.69, 9.17) is 4.42 Å². The molecule has 2 rings (SSSR count). The Bertz CT molecular complexity index is 620. The zero-order valence-electron chi connectivity index (χ0n) is 9.80. The molecule has 0 radical (unpaired) electrons. The zero-order valence-corrected chi connectivity index (χ0v) is 9.80. The van der Waals surface area contributed by atoms with Crippen LogP contribution >= 0.6 is 0 Å². The van der Waals surface area contributed by atoms with E-state index in [1.165, 1.54) is 17.9 Å². The van der Waals surface area contributed by atoms with Gasteiger partial charge in [-0.3, -0.25) is 9.36 Å². The number of aryl methyl sites for hydroxylation is 3. The number of ketones is 1. The maximum absolute atomic E-state index is 11.9. The Morgan fingerprint density at radius 2 is 2.18 bits per heavy atom. The summed E-state index contributed by atoms with van der Waals surface area (Å²) in [7, 11) is 1.52. The second kappa shape index (κ2) is 4.00. The van der Waals surface area contributed by atoms with Crippen molar-refractivity contribution in [3.63, 3.8) is 0 Å². The third-order valence-corrected chi connectivity index (χ3v) is 2.36. The van der Waals surface area contributed by atoms with Crippen LogP contribution in [0.25, 0.3) is 0 Å². The maximum Gasteiger partial charge on any atom is 0.345 e. The van der Waals surface area contributed by atoms with Gasteiger partial charge in [0, 0.05) is 14.0 Å². The first kappa shape index (κ1) is 11.3. The van der Waals surface area contributed by atoms with Gasteiger partial charge in [-0.1, -0.05) is 0 Å². The number of nitrogens with zero attached hydrogens (tertiary/aromatic N) is 4. The normalized spacial score (nSPS) is 10.8. The third-order valence-electron chi connectivity index (χ3n) is 2.36. The summed E-state index contributed by atoms with van der Waals surface area (Å²) in [6.45, 7) is 3.26. The average molecular weight is 236 g/mol. The lowest BCUT2D eigenvalue weighted by Crippen LogP contribution is -2.25. The molecule has 7 nitrogen and oxygen atoms in total. The van der Waals surface area contributed by atoms with Gasteiger partial charge in [-0.25, -0.2) is 14.5 Å². The fourth-order valence-corrected chi connectivity index (χ4v) is 1.55. The van der Waals surface area contributed by atoms with E-state index in [2.05, 4.69) is 10.1 Å². The molecule has 2 heterocycles. The highest BCUT2D eigenvalue weighted by atomic mass is 16.4. The van der Waals surface area contributed by atoms with Gasteiger partial charge >= 0.3 is 5.69 Å². The van der Waals surface area contributed by atoms with Crippen LogP contribution < -0.4 is 5.69 Å². The average Bonchev–Trinajstić information content (AvgIpc) is 2.75. The van der Waals surface area contributed by atoms with Crippen molar-refractivity contribution in [1.29, 1.82) is 0 Å². The van der Waals surface area contributed by atoms with Gasteiger partial charge in [0.2, 0.25) is 5.78 Å². The van der Waals surface area contributed by atoms with Crippen LogP contribution in [0.4, 0.5) is 0 Å². The molecule has 0 aliphatic carbocycles. The molecule has 0 atom stereocenters. The van der Waals surface area contributed by atoms with Crippen LogP contribution in [0.1, 0.15) is 22.1 Å². The largest absolute Gasteiger partial charge is 0.438 e. The van der Waals surface area contributed by atoms with Crippen molar-refractivity contribution in [2.75, 3.05) is 0 Å². The highest BCUT2D eigenvalue weighted by molar-refractivity contribution is 5.94. The predicted octanol–water partition coefficient (Wildman–Crippen LogP) is 0.0695. The molecule has 0 unspecified atom stereocenters. The summed E-state index contributed by atoms with van der Waals surface area (Å²) in [6, 6.07) is 0. The summed E-state index contributed by atoms with van der Waals surface area (Å²) in [5.74, 6) is 0.334. The molecule has 17 heavy (non-hydrogen) atoms. The van der Waals surface area contributed by atoms with E-state index in [0.717, 1.165) is 4.68 Å². The van der Waals surface area contributed by atoms with E-state index in [9.17, 15) is 9.59 Å². The topological polar surface area (TPSA) is 82.9 Å². The van der Waals surface area contributed by atoms with Crippen molar-refractivity contribution in [2.45, 2.75) is 20.4 Å². The molecular weight excluding hydrogens is 224 g/mol. The standard InChI is InChI=1S/C10H12N4O3/c1-6-9(17-7(2)12-6)8(15)4-14-5-11-13(3)10(14)16/h5H,4H2,1-3H3. The quantitative estimate of drug-likeness (QED) is 0.704. The van der Waals surface area contributed by atoms with Gasteiger partial charge in [-0.2, -0.15) is 5.10 Å². The number of hydrogen-bond donors (Lipinski definition) is 0. The molecule has 0 bridgehead atoms. The van der Waals surface area contributed by atoms with Crippen LogP contribution in [0.3, 0.4) is 0 Å². The molecule has 0 N–H and O–H groups in total. The molecule has 0 saturated carbocycles. The summed E-state index contributed by atoms with van der Waals surface area (Å²) in [5, 5.41) is 3.76. The number of carbonyl (C=O) groups excluding carboxylic acids is 1. The molecule has 2 aromatic rings. The Kier molecular flexibility index (Phi) is 2.66. The van der Waals surface area contributed by atoms with Crippen LogP contribution in [-0.2, 0) is 13.6 Å². The minimum Gasteiger partial charge on any atom is -0.438 e. The number of rotatable bonds is 3. The van der Waals surface area contributed by atoms with Gasteiger partial charge < -0.3 is 4.42 Å². The first-order valence-electron chi connectivity index (χ1n) is 5.04. The lowest BCUT2D eigenvalue weighted by Gasteiger charge is -1.97. The molecule has 2 aromatic heterocycles. The molecule has 0 saturated heterocycles. The van der Waals surface area contributed by atoms with Crippen molar-refractivity contribution < 1.29 is 9.21 Å². The van der Waals surface area contributed by atoms with Crippen LogP contribution in [-0.4, -0.2) is 25.1 Å². The molecule has 0 spiro atoms. The highest BCUT2D eigenvalue weighted by Gasteiger charge is 2.17. The number of aromatic nitrogens is 4. The van der Waals surface area contributed by atoms with Crippen LogP contribution in [0.15, 0.2) is 15.5 Å². The first-order valence-corrected chi connectivity index (χ1v) is 5.04. The SMILES string of the molecule is Cc1nc(C)c(C(=O)Cn2cnn(C)c2=O)o1. The molecule has 7 heteroatoms. The Hall–Kier alpha value is -2.18. The minimum atomic E-state index is -0.341. The van der Waals surface area contributed by atoms with Gasteiger partial charge in [-0.15, -0.1) is 0 Å². The molecule has 0 aliphatic heterocycles. The lowest BCUT2D eigenvalue weighted by atomic mass is 10.2. The zero-order chi connectivity index (χ0) is 12.6. The monoisotopic (exact) mass is 236 g/mol. The first-order chi connectivity index (χ1) is 7.99. The van der Waals surface area contributed by atoms with Crippen LogP contribution in [0, 0.1) is 13.8 Å². The van der Waals surface area contributed by atoms with Gasteiger partial charge in [0.25, 0.3) is 0 Å². The van der Waals surface area contributed by atoms with Crippen molar-refractivity contribution in [3.05, 3.63) is 34.2 Å². The molecule has 0 aromatic carbocycles. The van der Waals surface area contributed by atoms with Crippen molar-refractivity contribution >= 4 is 5.78 Å². The summed E-state index contributed by atoms with van der Waals surface area (Å²) < 4.78 is 7.57. The molecule has 0 amide bonds. The Morgan fingerprint density at radius 3 is 2.65 bits per heavy atom. The van der Waals surface area contributed by atoms with Crippen molar-refractivity contribution in [2.24, 2.45) is 7.05 Å². The molecule has 0 aliphatic rings. The second-order valence-electron chi connectivity index (χ2n) is 3.74. The third kappa shape index (κ3) is 2.03. The van der Waals surface area contributed by atoms with Crippen molar-refractivity contribution in [1.82, 2.24) is 19.3 Å². The maximum atomic E-state index is 11.9. The lowest BCUT2D eigenvalue weighted by molar-refractivity contribution is 0.0941. The molecule has 0 fully saturated rings. The smallest absolute Gasteiger partial charge is 0.345 e. The summed E-state index contributed by atoms with van der Waals surface area (Å²) in [5.41, 5.74) is 0.191. The Balaban J connectivity index is 2.26. The summed E-state index contributed by atoms with van der Waals surface area (Å²) in [6.07, 6.45) is 1.32. The molecule has 90 valence electrons. The number of oxazole rings is 1. The second-order valence-corrected chi connectivity index (χ2v) is 3.74. The summed E-state index contributed by atoms with van der Waals surface area (Å²) in [4.78, 5) is 27.4. The fourth-order valence-electron chi connectivity index (χ4n) is 1.55.